The predicted molar refractivity (Wildman–Crippen MR) is 45.3 cm³/mol. The molecule has 7 nitrogen and oxygen atoms in total. The van der Waals surface area contributed by atoms with E-state index >= 15 is 0 Å². The van der Waals surface area contributed by atoms with Crippen LogP contribution in [0.3, 0.4) is 0 Å². The van der Waals surface area contributed by atoms with Gasteiger partial charge in [0.05, 0.1) is 0 Å². The lowest BCUT2D eigenvalue weighted by atomic mass is 10.1. The number of rotatable bonds is 2. The average Bonchev–Trinajstić information content (AvgIpc) is 2.26. The Hall–Kier alpha value is -0.280. The zero-order chi connectivity index (χ0) is 10.7. The molecule has 0 aromatic rings. The molecule has 1 aliphatic rings. The van der Waals surface area contributed by atoms with Crippen LogP contribution >= 0.6 is 0 Å². The number of nitrogens with zero attached hydrogens (tertiary/aromatic N) is 1. The van der Waals surface area contributed by atoms with Crippen molar-refractivity contribution in [3.63, 3.8) is 0 Å². The molecule has 0 radical (unpaired) electrons. The van der Waals surface area contributed by atoms with E-state index in [-0.39, 0.29) is 6.73 Å². The number of hydroxylamine groups is 2. The minimum Gasteiger partial charge on any atom is -0.387 e. The van der Waals surface area contributed by atoms with E-state index in [0.29, 0.717) is 11.6 Å². The van der Waals surface area contributed by atoms with Gasteiger partial charge in [-0.05, 0) is 7.05 Å². The lowest BCUT2D eigenvalue weighted by Crippen LogP contribution is -2.48. The molecule has 14 heavy (non-hydrogen) atoms. The number of likely N-dealkylation sites (N-methyl/N-ethyl adjacent to an activating group) is 1. The standard InChI is InChI=1S/C7H16N2O5/c1-8-2-4-5(10)6(11)7(12)9(13)3-14-4/h4-8,10-13H,2-3H2,1H3/t4?,5-,6?,7?/m1/s1. The second kappa shape index (κ2) is 4.99. The van der Waals surface area contributed by atoms with E-state index in [1.165, 1.54) is 0 Å². The largest absolute Gasteiger partial charge is 0.387 e. The third kappa shape index (κ3) is 2.39. The van der Waals surface area contributed by atoms with E-state index in [1.54, 1.807) is 7.05 Å². The van der Waals surface area contributed by atoms with Gasteiger partial charge in [-0.2, -0.15) is 0 Å². The van der Waals surface area contributed by atoms with Crippen molar-refractivity contribution in [2.24, 2.45) is 0 Å². The quantitative estimate of drug-likeness (QED) is 0.336. The highest BCUT2D eigenvalue weighted by Crippen LogP contribution is 2.14. The van der Waals surface area contributed by atoms with Crippen LogP contribution < -0.4 is 5.32 Å². The molecular weight excluding hydrogens is 192 g/mol. The van der Waals surface area contributed by atoms with Crippen molar-refractivity contribution in [2.45, 2.75) is 24.5 Å². The fourth-order valence-electron chi connectivity index (χ4n) is 1.30. The van der Waals surface area contributed by atoms with Crippen molar-refractivity contribution in [3.8, 4) is 0 Å². The highest BCUT2D eigenvalue weighted by molar-refractivity contribution is 4.83. The van der Waals surface area contributed by atoms with Gasteiger partial charge in [-0.1, -0.05) is 0 Å². The predicted octanol–water partition coefficient (Wildman–Crippen LogP) is -2.71. The summed E-state index contributed by atoms with van der Waals surface area (Å²) in [6.45, 7) is 0.0560. The van der Waals surface area contributed by atoms with Gasteiger partial charge in [0.15, 0.2) is 6.23 Å². The molecule has 0 aromatic heterocycles. The minimum atomic E-state index is -1.54. The molecule has 0 bridgehead atoms. The number of aliphatic hydroxyl groups is 3. The molecule has 1 saturated heterocycles. The van der Waals surface area contributed by atoms with Crippen LogP contribution in [-0.2, 0) is 4.74 Å². The summed E-state index contributed by atoms with van der Waals surface area (Å²) in [4.78, 5) is 0. The van der Waals surface area contributed by atoms with Gasteiger partial charge in [0.25, 0.3) is 0 Å². The van der Waals surface area contributed by atoms with Crippen molar-refractivity contribution in [2.75, 3.05) is 20.3 Å². The van der Waals surface area contributed by atoms with Gasteiger partial charge in [-0.25, -0.2) is 0 Å². The van der Waals surface area contributed by atoms with Crippen molar-refractivity contribution in [1.29, 1.82) is 0 Å². The Balaban J connectivity index is 2.65. The van der Waals surface area contributed by atoms with E-state index in [9.17, 15) is 15.3 Å². The SMILES string of the molecule is CNCC1OCN(O)C(O)C(O)[C@@H]1O. The first-order valence-corrected chi connectivity index (χ1v) is 4.34. The maximum atomic E-state index is 9.52. The topological polar surface area (TPSA) is 105 Å². The smallest absolute Gasteiger partial charge is 0.160 e. The Morgan fingerprint density at radius 3 is 2.57 bits per heavy atom. The van der Waals surface area contributed by atoms with Crippen LogP contribution in [0.2, 0.25) is 0 Å². The third-order valence-corrected chi connectivity index (χ3v) is 2.17. The number of aliphatic hydroxyl groups excluding tert-OH is 3. The van der Waals surface area contributed by atoms with Crippen molar-refractivity contribution in [3.05, 3.63) is 0 Å². The molecule has 0 spiro atoms. The first-order valence-electron chi connectivity index (χ1n) is 4.34. The van der Waals surface area contributed by atoms with Crippen molar-refractivity contribution < 1.29 is 25.3 Å². The van der Waals surface area contributed by atoms with Crippen molar-refractivity contribution >= 4 is 0 Å². The van der Waals surface area contributed by atoms with Crippen LogP contribution in [0.4, 0.5) is 0 Å². The molecule has 0 aliphatic carbocycles. The fourth-order valence-corrected chi connectivity index (χ4v) is 1.30. The van der Waals surface area contributed by atoms with Crippen LogP contribution in [-0.4, -0.2) is 70.5 Å². The summed E-state index contributed by atoms with van der Waals surface area (Å²) in [5, 5.41) is 40.5. The summed E-state index contributed by atoms with van der Waals surface area (Å²) < 4.78 is 5.05. The summed E-state index contributed by atoms with van der Waals surface area (Å²) in [5.41, 5.74) is 0. The summed E-state index contributed by atoms with van der Waals surface area (Å²) >= 11 is 0. The molecule has 5 N–H and O–H groups in total. The Kier molecular flexibility index (Phi) is 4.20. The highest BCUT2D eigenvalue weighted by atomic mass is 16.6. The lowest BCUT2D eigenvalue weighted by Gasteiger charge is -2.24. The van der Waals surface area contributed by atoms with E-state index in [1.807, 2.05) is 0 Å². The zero-order valence-electron chi connectivity index (χ0n) is 7.87. The van der Waals surface area contributed by atoms with Crippen LogP contribution in [0, 0.1) is 0 Å². The van der Waals surface area contributed by atoms with Crippen LogP contribution in [0.1, 0.15) is 0 Å². The van der Waals surface area contributed by atoms with E-state index < -0.39 is 24.5 Å². The first-order chi connectivity index (χ1) is 6.57. The summed E-state index contributed by atoms with van der Waals surface area (Å²) in [6, 6.07) is 0. The van der Waals surface area contributed by atoms with E-state index in [0.717, 1.165) is 0 Å². The zero-order valence-corrected chi connectivity index (χ0v) is 7.87. The molecule has 0 amide bonds. The monoisotopic (exact) mass is 208 g/mol. The molecule has 0 saturated carbocycles. The maximum Gasteiger partial charge on any atom is 0.160 e. The number of ether oxygens (including phenoxy) is 1. The van der Waals surface area contributed by atoms with Gasteiger partial charge in [0.1, 0.15) is 25.0 Å². The minimum absolute atomic E-state index is 0.262. The Morgan fingerprint density at radius 1 is 1.36 bits per heavy atom. The molecule has 1 rings (SSSR count). The van der Waals surface area contributed by atoms with Gasteiger partial charge in [-0.3, -0.25) is 0 Å². The lowest BCUT2D eigenvalue weighted by molar-refractivity contribution is -0.252. The van der Waals surface area contributed by atoms with Crippen LogP contribution in [0.15, 0.2) is 0 Å². The van der Waals surface area contributed by atoms with Gasteiger partial charge in [0, 0.05) is 6.54 Å². The normalized spacial score (nSPS) is 40.9. The second-order valence-corrected chi connectivity index (χ2v) is 3.23. The third-order valence-electron chi connectivity index (χ3n) is 2.17. The van der Waals surface area contributed by atoms with E-state index in [2.05, 4.69) is 5.32 Å². The molecule has 84 valence electrons. The molecule has 7 heteroatoms. The van der Waals surface area contributed by atoms with Crippen molar-refractivity contribution in [1.82, 2.24) is 10.4 Å². The molecule has 3 unspecified atom stereocenters. The number of nitrogens with one attached hydrogen (secondary N) is 1. The first kappa shape index (κ1) is 11.8. The van der Waals surface area contributed by atoms with Gasteiger partial charge in [-0.15, -0.1) is 5.06 Å². The summed E-state index contributed by atoms with van der Waals surface area (Å²) in [6.07, 6.45) is -4.90. The second-order valence-electron chi connectivity index (χ2n) is 3.23. The number of hydrogen-bond acceptors (Lipinski definition) is 7. The molecule has 1 aliphatic heterocycles. The summed E-state index contributed by atoms with van der Waals surface area (Å²) in [7, 11) is 1.67. The maximum absolute atomic E-state index is 9.52. The Labute approximate surface area is 81.5 Å². The molecular formula is C7H16N2O5. The van der Waals surface area contributed by atoms with Crippen LogP contribution in [0.25, 0.3) is 0 Å². The van der Waals surface area contributed by atoms with Crippen LogP contribution in [0.5, 0.6) is 0 Å². The molecule has 1 heterocycles. The Morgan fingerprint density at radius 2 is 2.00 bits per heavy atom. The number of hydrogen-bond donors (Lipinski definition) is 5. The average molecular weight is 208 g/mol. The molecule has 1 fully saturated rings. The molecule has 4 atom stereocenters. The fraction of sp³-hybridized carbons (Fsp3) is 1.00. The van der Waals surface area contributed by atoms with E-state index in [4.69, 9.17) is 9.94 Å². The van der Waals surface area contributed by atoms with Gasteiger partial charge >= 0.3 is 0 Å². The van der Waals surface area contributed by atoms with Gasteiger partial charge in [0.2, 0.25) is 0 Å². The highest BCUT2D eigenvalue weighted by Gasteiger charge is 2.38. The van der Waals surface area contributed by atoms with Gasteiger partial charge < -0.3 is 30.6 Å². The summed E-state index contributed by atoms with van der Waals surface area (Å²) in [5.74, 6) is 0. The molecule has 0 aromatic carbocycles. The Bertz CT molecular complexity index is 181.